The topological polar surface area (TPSA) is 88.9 Å². The van der Waals surface area contributed by atoms with Crippen LogP contribution in [0.2, 0.25) is 0 Å². The van der Waals surface area contributed by atoms with Gasteiger partial charge in [0.1, 0.15) is 12.1 Å². The Hall–Kier alpha value is -3.07. The standard InChI is InChI=1S/C20H19BrFN5O2/c21-16-7-3-14(4-8-16)12-27-13-24-20(26-27)25-18(28)2-1-11-23-19(29)15-5-9-17(22)10-6-15/h3-10,13H,1-2,11-12H2,(H,23,29)(H,25,26,28). The fourth-order valence-electron chi connectivity index (χ4n) is 2.55. The van der Waals surface area contributed by atoms with Gasteiger partial charge < -0.3 is 5.32 Å². The number of halogens is 2. The molecule has 0 unspecified atom stereocenters. The second-order valence-electron chi connectivity index (χ2n) is 6.31. The van der Waals surface area contributed by atoms with E-state index in [1.165, 1.54) is 24.3 Å². The SMILES string of the molecule is O=C(CCCNC(=O)c1ccc(F)cc1)Nc1ncn(Cc2ccc(Br)cc2)n1. The molecule has 1 heterocycles. The first-order valence-electron chi connectivity index (χ1n) is 8.97. The monoisotopic (exact) mass is 459 g/mol. The second kappa shape index (κ2) is 9.92. The number of nitrogens with zero attached hydrogens (tertiary/aromatic N) is 3. The number of amides is 2. The molecule has 7 nitrogen and oxygen atoms in total. The Balaban J connectivity index is 1.38. The molecule has 0 aliphatic carbocycles. The first-order chi connectivity index (χ1) is 14.0. The molecule has 3 aromatic rings. The smallest absolute Gasteiger partial charge is 0.251 e. The van der Waals surface area contributed by atoms with E-state index in [0.29, 0.717) is 25.1 Å². The molecule has 2 N–H and O–H groups in total. The van der Waals surface area contributed by atoms with Crippen LogP contribution < -0.4 is 10.6 Å². The van der Waals surface area contributed by atoms with Gasteiger partial charge in [0.15, 0.2) is 0 Å². The van der Waals surface area contributed by atoms with Crippen LogP contribution in [-0.4, -0.2) is 33.1 Å². The van der Waals surface area contributed by atoms with Gasteiger partial charge in [-0.05, 0) is 48.4 Å². The molecule has 0 aliphatic heterocycles. The van der Waals surface area contributed by atoms with Crippen LogP contribution in [0, 0.1) is 5.82 Å². The van der Waals surface area contributed by atoms with E-state index >= 15 is 0 Å². The minimum atomic E-state index is -0.397. The average Bonchev–Trinajstić information content (AvgIpc) is 3.14. The number of rotatable bonds is 8. The Morgan fingerprint density at radius 2 is 1.79 bits per heavy atom. The van der Waals surface area contributed by atoms with Crippen LogP contribution in [0.1, 0.15) is 28.8 Å². The summed E-state index contributed by atoms with van der Waals surface area (Å²) >= 11 is 3.39. The summed E-state index contributed by atoms with van der Waals surface area (Å²) in [5.74, 6) is -0.699. The van der Waals surface area contributed by atoms with E-state index < -0.39 is 5.82 Å². The minimum absolute atomic E-state index is 0.213. The van der Waals surface area contributed by atoms with Crippen LogP contribution in [0.15, 0.2) is 59.3 Å². The Bertz CT molecular complexity index is 973. The van der Waals surface area contributed by atoms with Crippen molar-refractivity contribution < 1.29 is 14.0 Å². The normalized spacial score (nSPS) is 10.6. The molecular formula is C20H19BrFN5O2. The molecule has 3 rings (SSSR count). The Kier molecular flexibility index (Phi) is 7.07. The summed E-state index contributed by atoms with van der Waals surface area (Å²) in [6.45, 7) is 0.876. The van der Waals surface area contributed by atoms with Gasteiger partial charge in [0.25, 0.3) is 5.91 Å². The molecule has 2 amide bonds. The second-order valence-corrected chi connectivity index (χ2v) is 7.22. The molecule has 29 heavy (non-hydrogen) atoms. The Morgan fingerprint density at radius 3 is 2.52 bits per heavy atom. The minimum Gasteiger partial charge on any atom is -0.352 e. The lowest BCUT2D eigenvalue weighted by molar-refractivity contribution is -0.116. The number of carbonyl (C=O) groups excluding carboxylic acids is 2. The van der Waals surface area contributed by atoms with Gasteiger partial charge in [0.05, 0.1) is 6.54 Å². The number of hydrogen-bond donors (Lipinski definition) is 2. The zero-order valence-electron chi connectivity index (χ0n) is 15.4. The van der Waals surface area contributed by atoms with Gasteiger partial charge in [0.2, 0.25) is 11.9 Å². The number of nitrogens with one attached hydrogen (secondary N) is 2. The van der Waals surface area contributed by atoms with E-state index in [-0.39, 0.29) is 24.2 Å². The fourth-order valence-corrected chi connectivity index (χ4v) is 2.81. The third-order valence-corrected chi connectivity index (χ3v) is 4.55. The summed E-state index contributed by atoms with van der Waals surface area (Å²) in [4.78, 5) is 28.0. The van der Waals surface area contributed by atoms with E-state index in [0.717, 1.165) is 10.0 Å². The highest BCUT2D eigenvalue weighted by Gasteiger charge is 2.08. The molecule has 0 saturated heterocycles. The third kappa shape index (κ3) is 6.49. The van der Waals surface area contributed by atoms with Crippen molar-refractivity contribution >= 4 is 33.7 Å². The number of benzene rings is 2. The number of anilines is 1. The largest absolute Gasteiger partial charge is 0.352 e. The highest BCUT2D eigenvalue weighted by molar-refractivity contribution is 9.10. The van der Waals surface area contributed by atoms with Gasteiger partial charge in [-0.3, -0.25) is 14.9 Å². The van der Waals surface area contributed by atoms with E-state index in [1.54, 1.807) is 11.0 Å². The number of aromatic nitrogens is 3. The molecule has 2 aromatic carbocycles. The van der Waals surface area contributed by atoms with Crippen LogP contribution in [0.5, 0.6) is 0 Å². The van der Waals surface area contributed by atoms with Crippen molar-refractivity contribution in [3.8, 4) is 0 Å². The lowest BCUT2D eigenvalue weighted by atomic mass is 10.2. The summed E-state index contributed by atoms with van der Waals surface area (Å²) in [5.41, 5.74) is 1.43. The fraction of sp³-hybridized carbons (Fsp3) is 0.200. The van der Waals surface area contributed by atoms with Crippen LogP contribution in [0.3, 0.4) is 0 Å². The maximum absolute atomic E-state index is 12.9. The van der Waals surface area contributed by atoms with Crippen molar-refractivity contribution in [2.45, 2.75) is 19.4 Å². The first kappa shape index (κ1) is 20.7. The number of carbonyl (C=O) groups is 2. The molecule has 0 spiro atoms. The summed E-state index contributed by atoms with van der Waals surface area (Å²) in [6.07, 6.45) is 2.23. The molecule has 0 bridgehead atoms. The van der Waals surface area contributed by atoms with E-state index in [9.17, 15) is 14.0 Å². The zero-order valence-corrected chi connectivity index (χ0v) is 17.0. The first-order valence-corrected chi connectivity index (χ1v) is 9.76. The van der Waals surface area contributed by atoms with Crippen molar-refractivity contribution in [3.05, 3.63) is 76.3 Å². The molecule has 0 aliphatic rings. The van der Waals surface area contributed by atoms with Crippen LogP contribution in [-0.2, 0) is 11.3 Å². The van der Waals surface area contributed by atoms with Crippen molar-refractivity contribution in [1.29, 1.82) is 0 Å². The van der Waals surface area contributed by atoms with Crippen molar-refractivity contribution in [2.75, 3.05) is 11.9 Å². The Morgan fingerprint density at radius 1 is 1.07 bits per heavy atom. The van der Waals surface area contributed by atoms with Crippen LogP contribution in [0.4, 0.5) is 10.3 Å². The molecular weight excluding hydrogens is 441 g/mol. The molecule has 0 radical (unpaired) electrons. The summed E-state index contributed by atoms with van der Waals surface area (Å²) in [5, 5.41) is 9.56. The Labute approximate surface area is 175 Å². The van der Waals surface area contributed by atoms with E-state index in [1.807, 2.05) is 24.3 Å². The molecule has 0 atom stereocenters. The van der Waals surface area contributed by atoms with Crippen LogP contribution >= 0.6 is 15.9 Å². The molecule has 0 fully saturated rings. The molecule has 9 heteroatoms. The quantitative estimate of drug-likeness (QED) is 0.505. The van der Waals surface area contributed by atoms with Crippen molar-refractivity contribution in [2.24, 2.45) is 0 Å². The predicted molar refractivity (Wildman–Crippen MR) is 110 cm³/mol. The van der Waals surface area contributed by atoms with Gasteiger partial charge in [-0.15, -0.1) is 5.10 Å². The van der Waals surface area contributed by atoms with E-state index in [4.69, 9.17) is 0 Å². The highest BCUT2D eigenvalue weighted by atomic mass is 79.9. The highest BCUT2D eigenvalue weighted by Crippen LogP contribution is 2.11. The predicted octanol–water partition coefficient (Wildman–Crippen LogP) is 3.38. The maximum Gasteiger partial charge on any atom is 0.251 e. The summed E-state index contributed by atoms with van der Waals surface area (Å²) in [6, 6.07) is 13.1. The van der Waals surface area contributed by atoms with Gasteiger partial charge in [-0.25, -0.2) is 14.1 Å². The summed E-state index contributed by atoms with van der Waals surface area (Å²) < 4.78 is 15.5. The van der Waals surface area contributed by atoms with Crippen LogP contribution in [0.25, 0.3) is 0 Å². The van der Waals surface area contributed by atoms with Crippen molar-refractivity contribution in [3.63, 3.8) is 0 Å². The van der Waals surface area contributed by atoms with Gasteiger partial charge in [-0.2, -0.15) is 0 Å². The van der Waals surface area contributed by atoms with Crippen molar-refractivity contribution in [1.82, 2.24) is 20.1 Å². The summed E-state index contributed by atoms with van der Waals surface area (Å²) in [7, 11) is 0. The molecule has 150 valence electrons. The lowest BCUT2D eigenvalue weighted by Crippen LogP contribution is -2.25. The maximum atomic E-state index is 12.9. The van der Waals surface area contributed by atoms with Gasteiger partial charge in [0, 0.05) is 23.0 Å². The average molecular weight is 460 g/mol. The van der Waals surface area contributed by atoms with E-state index in [2.05, 4.69) is 36.6 Å². The zero-order chi connectivity index (χ0) is 20.6. The third-order valence-electron chi connectivity index (χ3n) is 4.02. The molecule has 0 saturated carbocycles. The number of hydrogen-bond acceptors (Lipinski definition) is 4. The van der Waals surface area contributed by atoms with Gasteiger partial charge >= 0.3 is 0 Å². The lowest BCUT2D eigenvalue weighted by Gasteiger charge is -2.05. The molecule has 1 aromatic heterocycles. The van der Waals surface area contributed by atoms with Gasteiger partial charge in [-0.1, -0.05) is 28.1 Å².